The first-order valence-electron chi connectivity index (χ1n) is 5.15. The number of anilines is 1. The maximum absolute atomic E-state index is 13.6. The van der Waals surface area contributed by atoms with Gasteiger partial charge in [0.25, 0.3) is 0 Å². The molecule has 0 bridgehead atoms. The van der Waals surface area contributed by atoms with Crippen LogP contribution in [0.3, 0.4) is 0 Å². The van der Waals surface area contributed by atoms with Crippen LogP contribution < -0.4 is 5.32 Å². The highest BCUT2D eigenvalue weighted by Gasteiger charge is 2.11. The summed E-state index contributed by atoms with van der Waals surface area (Å²) >= 11 is 5.45. The smallest absolute Gasteiger partial charge is 0.170 e. The molecule has 0 radical (unpaired) electrons. The quantitative estimate of drug-likeness (QED) is 0.826. The van der Waals surface area contributed by atoms with Crippen molar-refractivity contribution in [2.24, 2.45) is 0 Å². The molecule has 1 heterocycles. The molecule has 0 amide bonds. The van der Waals surface area contributed by atoms with E-state index in [-0.39, 0.29) is 12.4 Å². The van der Waals surface area contributed by atoms with Gasteiger partial charge in [0.2, 0.25) is 0 Å². The van der Waals surface area contributed by atoms with Crippen LogP contribution in [0, 0.1) is 12.7 Å². The van der Waals surface area contributed by atoms with Crippen LogP contribution in [0.25, 0.3) is 11.0 Å². The Hall–Kier alpha value is -1.33. The molecule has 0 aliphatic rings. The molecule has 2 rings (SSSR count). The number of aryl methyl sites for hydroxylation is 1. The van der Waals surface area contributed by atoms with Gasteiger partial charge in [0, 0.05) is 18.0 Å². The normalized spacial score (nSPS) is 12.9. The highest BCUT2D eigenvalue weighted by atomic mass is 35.5. The van der Waals surface area contributed by atoms with Gasteiger partial charge in [0.15, 0.2) is 5.58 Å². The SMILES string of the molecule is Cc1noc2cc(F)c(NCC(O)CCl)cc12. The Morgan fingerprint density at radius 3 is 3.06 bits per heavy atom. The average Bonchev–Trinajstić information content (AvgIpc) is 2.67. The Morgan fingerprint density at radius 2 is 2.35 bits per heavy atom. The van der Waals surface area contributed by atoms with Crippen LogP contribution in [0.5, 0.6) is 0 Å². The molecule has 1 atom stereocenters. The molecule has 1 unspecified atom stereocenters. The number of fused-ring (bicyclic) bond motifs is 1. The largest absolute Gasteiger partial charge is 0.390 e. The second-order valence-corrected chi connectivity index (χ2v) is 4.09. The summed E-state index contributed by atoms with van der Waals surface area (Å²) in [6.45, 7) is 1.97. The van der Waals surface area contributed by atoms with Crippen molar-refractivity contribution in [2.75, 3.05) is 17.7 Å². The summed E-state index contributed by atoms with van der Waals surface area (Å²) in [7, 11) is 0. The third-order valence-electron chi connectivity index (χ3n) is 2.45. The maximum atomic E-state index is 13.6. The number of aromatic nitrogens is 1. The van der Waals surface area contributed by atoms with Crippen LogP contribution in [0.1, 0.15) is 5.69 Å². The van der Waals surface area contributed by atoms with E-state index in [0.29, 0.717) is 17.0 Å². The molecule has 2 aromatic rings. The van der Waals surface area contributed by atoms with E-state index in [1.54, 1.807) is 13.0 Å². The van der Waals surface area contributed by atoms with Crippen LogP contribution >= 0.6 is 11.6 Å². The number of nitrogens with zero attached hydrogens (tertiary/aromatic N) is 1. The number of benzene rings is 1. The second kappa shape index (κ2) is 4.89. The van der Waals surface area contributed by atoms with Crippen LogP contribution in [0.2, 0.25) is 0 Å². The van der Waals surface area contributed by atoms with Crippen molar-refractivity contribution in [1.82, 2.24) is 5.16 Å². The molecule has 1 aromatic heterocycles. The summed E-state index contributed by atoms with van der Waals surface area (Å²) in [4.78, 5) is 0. The first-order chi connectivity index (χ1) is 8.11. The van der Waals surface area contributed by atoms with E-state index in [1.165, 1.54) is 6.07 Å². The number of hydrogen-bond acceptors (Lipinski definition) is 4. The van der Waals surface area contributed by atoms with Gasteiger partial charge < -0.3 is 14.9 Å². The number of alkyl halides is 1. The van der Waals surface area contributed by atoms with Crippen molar-refractivity contribution in [3.63, 3.8) is 0 Å². The summed E-state index contributed by atoms with van der Waals surface area (Å²) in [6.07, 6.45) is -0.713. The molecule has 0 aliphatic heterocycles. The molecule has 0 spiro atoms. The van der Waals surface area contributed by atoms with Gasteiger partial charge in [-0.05, 0) is 13.0 Å². The Morgan fingerprint density at radius 1 is 1.59 bits per heavy atom. The predicted molar refractivity (Wildman–Crippen MR) is 63.9 cm³/mol. The van der Waals surface area contributed by atoms with Crippen molar-refractivity contribution in [3.8, 4) is 0 Å². The van der Waals surface area contributed by atoms with Crippen molar-refractivity contribution >= 4 is 28.3 Å². The zero-order chi connectivity index (χ0) is 12.4. The van der Waals surface area contributed by atoms with Crippen LogP contribution in [0.4, 0.5) is 10.1 Å². The summed E-state index contributed by atoms with van der Waals surface area (Å²) in [5.41, 5.74) is 1.40. The van der Waals surface area contributed by atoms with Gasteiger partial charge in [0.05, 0.1) is 23.4 Å². The first kappa shape index (κ1) is 12.1. The van der Waals surface area contributed by atoms with Gasteiger partial charge in [-0.15, -0.1) is 11.6 Å². The molecule has 0 fully saturated rings. The van der Waals surface area contributed by atoms with E-state index < -0.39 is 11.9 Å². The van der Waals surface area contributed by atoms with E-state index >= 15 is 0 Å². The molecule has 0 saturated heterocycles. The molecule has 4 nitrogen and oxygen atoms in total. The Bertz CT molecular complexity index is 529. The lowest BCUT2D eigenvalue weighted by atomic mass is 10.2. The number of rotatable bonds is 4. The minimum absolute atomic E-state index is 0.100. The van der Waals surface area contributed by atoms with Crippen LogP contribution in [-0.2, 0) is 0 Å². The zero-order valence-electron chi connectivity index (χ0n) is 9.20. The molecule has 92 valence electrons. The van der Waals surface area contributed by atoms with Crippen molar-refractivity contribution < 1.29 is 14.0 Å². The number of halogens is 2. The minimum atomic E-state index is -0.713. The minimum Gasteiger partial charge on any atom is -0.390 e. The standard InChI is InChI=1S/C11H12ClFN2O2/c1-6-8-2-10(14-5-7(16)4-12)9(13)3-11(8)17-15-6/h2-3,7,14,16H,4-5H2,1H3. The number of nitrogens with one attached hydrogen (secondary N) is 1. The number of aliphatic hydroxyl groups is 1. The highest BCUT2D eigenvalue weighted by molar-refractivity contribution is 6.18. The third kappa shape index (κ3) is 2.50. The monoisotopic (exact) mass is 258 g/mol. The average molecular weight is 259 g/mol. The van der Waals surface area contributed by atoms with E-state index in [1.807, 2.05) is 0 Å². The molecule has 2 N–H and O–H groups in total. The van der Waals surface area contributed by atoms with Gasteiger partial charge in [-0.2, -0.15) is 0 Å². The molecule has 6 heteroatoms. The van der Waals surface area contributed by atoms with Gasteiger partial charge in [-0.1, -0.05) is 5.16 Å². The Labute approximate surface area is 102 Å². The summed E-state index contributed by atoms with van der Waals surface area (Å²) in [5, 5.41) is 16.6. The highest BCUT2D eigenvalue weighted by Crippen LogP contribution is 2.25. The molecule has 1 aromatic carbocycles. The topological polar surface area (TPSA) is 58.3 Å². The van der Waals surface area contributed by atoms with Crippen LogP contribution in [0.15, 0.2) is 16.7 Å². The first-order valence-corrected chi connectivity index (χ1v) is 5.68. The fourth-order valence-electron chi connectivity index (χ4n) is 1.50. The molecule has 0 saturated carbocycles. The molecule has 0 aliphatic carbocycles. The van der Waals surface area contributed by atoms with E-state index in [9.17, 15) is 9.50 Å². The molecule has 17 heavy (non-hydrogen) atoms. The fourth-order valence-corrected chi connectivity index (χ4v) is 1.61. The third-order valence-corrected chi connectivity index (χ3v) is 2.80. The Balaban J connectivity index is 2.27. The van der Waals surface area contributed by atoms with Crippen molar-refractivity contribution in [3.05, 3.63) is 23.6 Å². The van der Waals surface area contributed by atoms with Crippen molar-refractivity contribution in [2.45, 2.75) is 13.0 Å². The molecular formula is C11H12ClFN2O2. The van der Waals surface area contributed by atoms with E-state index in [4.69, 9.17) is 16.1 Å². The lowest BCUT2D eigenvalue weighted by Crippen LogP contribution is -2.21. The van der Waals surface area contributed by atoms with Gasteiger partial charge in [-0.3, -0.25) is 0 Å². The van der Waals surface area contributed by atoms with E-state index in [0.717, 1.165) is 5.39 Å². The van der Waals surface area contributed by atoms with Crippen molar-refractivity contribution in [1.29, 1.82) is 0 Å². The van der Waals surface area contributed by atoms with Gasteiger partial charge in [-0.25, -0.2) is 4.39 Å². The zero-order valence-corrected chi connectivity index (χ0v) is 9.96. The van der Waals surface area contributed by atoms with E-state index in [2.05, 4.69) is 10.5 Å². The summed E-state index contributed by atoms with van der Waals surface area (Å²) < 4.78 is 18.6. The summed E-state index contributed by atoms with van der Waals surface area (Å²) in [5.74, 6) is -0.348. The number of aliphatic hydroxyl groups excluding tert-OH is 1. The predicted octanol–water partition coefficient (Wildman–Crippen LogP) is 2.29. The van der Waals surface area contributed by atoms with Crippen LogP contribution in [-0.4, -0.2) is 28.8 Å². The molecular weight excluding hydrogens is 247 g/mol. The second-order valence-electron chi connectivity index (χ2n) is 3.79. The van der Waals surface area contributed by atoms with Gasteiger partial charge in [0.1, 0.15) is 5.82 Å². The fraction of sp³-hybridized carbons (Fsp3) is 0.364. The lowest BCUT2D eigenvalue weighted by Gasteiger charge is -2.10. The lowest BCUT2D eigenvalue weighted by molar-refractivity contribution is 0.211. The number of hydrogen-bond donors (Lipinski definition) is 2. The Kier molecular flexibility index (Phi) is 3.49. The summed E-state index contributed by atoms with van der Waals surface area (Å²) in [6, 6.07) is 2.88. The maximum Gasteiger partial charge on any atom is 0.170 e. The van der Waals surface area contributed by atoms with Gasteiger partial charge >= 0.3 is 0 Å².